The Hall–Kier alpha value is 0.170. The van der Waals surface area contributed by atoms with Crippen LogP contribution in [0.25, 0.3) is 0 Å². The Morgan fingerprint density at radius 2 is 1.81 bits per heavy atom. The van der Waals surface area contributed by atoms with Gasteiger partial charge in [-0.05, 0) is 19.4 Å². The van der Waals surface area contributed by atoms with Crippen LogP contribution in [0, 0.1) is 0 Å². The summed E-state index contributed by atoms with van der Waals surface area (Å²) >= 11 is 5.76. The quantitative estimate of drug-likeness (QED) is 0.393. The molecule has 0 N–H and O–H groups in total. The molecule has 0 radical (unpaired) electrons. The SMILES string of the molecule is CCCCN(CCCl)CCOCCCOC. The van der Waals surface area contributed by atoms with Crippen LogP contribution in [0.5, 0.6) is 0 Å². The molecule has 0 aromatic carbocycles. The highest BCUT2D eigenvalue weighted by molar-refractivity contribution is 6.18. The second-order valence-corrected chi connectivity index (χ2v) is 4.22. The Bertz CT molecular complexity index is 136. The molecule has 0 heterocycles. The first kappa shape index (κ1) is 16.2. The highest BCUT2D eigenvalue weighted by Gasteiger charge is 2.02. The van der Waals surface area contributed by atoms with Gasteiger partial charge in [0.1, 0.15) is 0 Å². The average molecular weight is 252 g/mol. The van der Waals surface area contributed by atoms with Crippen molar-refractivity contribution in [3.8, 4) is 0 Å². The van der Waals surface area contributed by atoms with Gasteiger partial charge in [0.05, 0.1) is 6.61 Å². The molecule has 0 unspecified atom stereocenters. The van der Waals surface area contributed by atoms with Gasteiger partial charge in [-0.1, -0.05) is 13.3 Å². The van der Waals surface area contributed by atoms with E-state index >= 15 is 0 Å². The molecule has 0 atom stereocenters. The molecule has 0 fully saturated rings. The number of ether oxygens (including phenoxy) is 2. The number of methoxy groups -OCH3 is 1. The maximum atomic E-state index is 5.76. The molecule has 0 aromatic rings. The first-order valence-corrected chi connectivity index (χ1v) is 6.73. The number of nitrogens with zero attached hydrogens (tertiary/aromatic N) is 1. The van der Waals surface area contributed by atoms with Crippen LogP contribution in [0.3, 0.4) is 0 Å². The molecule has 0 spiro atoms. The Morgan fingerprint density at radius 3 is 2.44 bits per heavy atom. The van der Waals surface area contributed by atoms with Crippen LogP contribution < -0.4 is 0 Å². The predicted molar refractivity (Wildman–Crippen MR) is 69.4 cm³/mol. The average Bonchev–Trinajstić information content (AvgIpc) is 2.30. The van der Waals surface area contributed by atoms with Gasteiger partial charge in [0, 0.05) is 39.3 Å². The Kier molecular flexibility index (Phi) is 13.4. The van der Waals surface area contributed by atoms with Gasteiger partial charge in [-0.2, -0.15) is 0 Å². The van der Waals surface area contributed by atoms with E-state index in [0.717, 1.165) is 45.9 Å². The zero-order valence-corrected chi connectivity index (χ0v) is 11.5. The van der Waals surface area contributed by atoms with Crippen LogP contribution in [0.4, 0.5) is 0 Å². The zero-order chi connectivity index (χ0) is 12.1. The van der Waals surface area contributed by atoms with Gasteiger partial charge in [-0.25, -0.2) is 0 Å². The van der Waals surface area contributed by atoms with Crippen LogP contribution in [0.15, 0.2) is 0 Å². The third kappa shape index (κ3) is 10.7. The lowest BCUT2D eigenvalue weighted by Crippen LogP contribution is -2.30. The normalized spacial score (nSPS) is 11.2. The summed E-state index contributed by atoms with van der Waals surface area (Å²) in [7, 11) is 1.72. The molecule has 0 amide bonds. The summed E-state index contributed by atoms with van der Waals surface area (Å²) in [5.41, 5.74) is 0. The molecule has 98 valence electrons. The van der Waals surface area contributed by atoms with Crippen molar-refractivity contribution in [2.24, 2.45) is 0 Å². The smallest absolute Gasteiger partial charge is 0.0593 e. The molecule has 0 aliphatic carbocycles. The van der Waals surface area contributed by atoms with E-state index in [0.29, 0.717) is 5.88 Å². The van der Waals surface area contributed by atoms with Gasteiger partial charge in [0.15, 0.2) is 0 Å². The van der Waals surface area contributed by atoms with E-state index in [1.165, 1.54) is 12.8 Å². The van der Waals surface area contributed by atoms with E-state index < -0.39 is 0 Å². The molecular formula is C12H26ClNO2. The fourth-order valence-electron chi connectivity index (χ4n) is 1.44. The lowest BCUT2D eigenvalue weighted by atomic mass is 10.3. The summed E-state index contributed by atoms with van der Waals surface area (Å²) in [6.07, 6.45) is 3.44. The number of unbranched alkanes of at least 4 members (excludes halogenated alkanes) is 1. The zero-order valence-electron chi connectivity index (χ0n) is 10.7. The van der Waals surface area contributed by atoms with E-state index in [9.17, 15) is 0 Å². The Labute approximate surface area is 105 Å². The molecule has 0 saturated carbocycles. The minimum absolute atomic E-state index is 0.702. The molecule has 0 saturated heterocycles. The van der Waals surface area contributed by atoms with Crippen molar-refractivity contribution in [3.63, 3.8) is 0 Å². The highest BCUT2D eigenvalue weighted by atomic mass is 35.5. The van der Waals surface area contributed by atoms with E-state index in [1.807, 2.05) is 0 Å². The van der Waals surface area contributed by atoms with Crippen molar-refractivity contribution >= 4 is 11.6 Å². The summed E-state index contributed by atoms with van der Waals surface area (Å²) in [4.78, 5) is 2.37. The number of alkyl halides is 1. The van der Waals surface area contributed by atoms with Crippen LogP contribution >= 0.6 is 11.6 Å². The van der Waals surface area contributed by atoms with Gasteiger partial charge < -0.3 is 9.47 Å². The second kappa shape index (κ2) is 13.2. The Morgan fingerprint density at radius 1 is 1.00 bits per heavy atom. The van der Waals surface area contributed by atoms with Crippen molar-refractivity contribution in [1.82, 2.24) is 4.90 Å². The van der Waals surface area contributed by atoms with Crippen LogP contribution in [0.1, 0.15) is 26.2 Å². The summed E-state index contributed by atoms with van der Waals surface area (Å²) in [5.74, 6) is 0.702. The minimum Gasteiger partial charge on any atom is -0.385 e. The van der Waals surface area contributed by atoms with Gasteiger partial charge in [0.2, 0.25) is 0 Å². The minimum atomic E-state index is 0.702. The summed E-state index contributed by atoms with van der Waals surface area (Å²) in [6, 6.07) is 0. The summed E-state index contributed by atoms with van der Waals surface area (Å²) < 4.78 is 10.5. The molecule has 0 bridgehead atoms. The largest absolute Gasteiger partial charge is 0.385 e. The first-order chi connectivity index (χ1) is 7.85. The summed E-state index contributed by atoms with van der Waals surface area (Å²) in [6.45, 7) is 7.65. The topological polar surface area (TPSA) is 21.7 Å². The van der Waals surface area contributed by atoms with Crippen molar-refractivity contribution in [1.29, 1.82) is 0 Å². The molecule has 16 heavy (non-hydrogen) atoms. The van der Waals surface area contributed by atoms with Crippen LogP contribution in [-0.4, -0.2) is 57.3 Å². The maximum Gasteiger partial charge on any atom is 0.0593 e. The van der Waals surface area contributed by atoms with E-state index in [-0.39, 0.29) is 0 Å². The van der Waals surface area contributed by atoms with Crippen molar-refractivity contribution < 1.29 is 9.47 Å². The molecule has 0 aliphatic heterocycles. The van der Waals surface area contributed by atoms with Crippen molar-refractivity contribution in [2.45, 2.75) is 26.2 Å². The maximum absolute atomic E-state index is 5.76. The monoisotopic (exact) mass is 251 g/mol. The predicted octanol–water partition coefficient (Wildman–Crippen LogP) is 2.38. The fraction of sp³-hybridized carbons (Fsp3) is 1.00. The fourth-order valence-corrected chi connectivity index (χ4v) is 1.68. The van der Waals surface area contributed by atoms with E-state index in [2.05, 4.69) is 11.8 Å². The third-order valence-corrected chi connectivity index (χ3v) is 2.59. The lowest BCUT2D eigenvalue weighted by molar-refractivity contribution is 0.0846. The van der Waals surface area contributed by atoms with E-state index in [1.54, 1.807) is 7.11 Å². The van der Waals surface area contributed by atoms with Crippen molar-refractivity contribution in [2.75, 3.05) is 52.4 Å². The Balaban J connectivity index is 3.36. The number of hydrogen-bond donors (Lipinski definition) is 0. The van der Waals surface area contributed by atoms with Crippen LogP contribution in [-0.2, 0) is 9.47 Å². The van der Waals surface area contributed by atoms with Gasteiger partial charge >= 0.3 is 0 Å². The van der Waals surface area contributed by atoms with E-state index in [4.69, 9.17) is 21.1 Å². The van der Waals surface area contributed by atoms with Crippen molar-refractivity contribution in [3.05, 3.63) is 0 Å². The summed E-state index contributed by atoms with van der Waals surface area (Å²) in [5, 5.41) is 0. The molecule has 0 aliphatic rings. The first-order valence-electron chi connectivity index (χ1n) is 6.20. The number of halogens is 1. The highest BCUT2D eigenvalue weighted by Crippen LogP contribution is 1.96. The number of hydrogen-bond acceptors (Lipinski definition) is 3. The molecule has 0 rings (SSSR count). The molecule has 4 heteroatoms. The van der Waals surface area contributed by atoms with Gasteiger partial charge in [-0.3, -0.25) is 4.90 Å². The lowest BCUT2D eigenvalue weighted by Gasteiger charge is -2.20. The van der Waals surface area contributed by atoms with Crippen LogP contribution in [0.2, 0.25) is 0 Å². The van der Waals surface area contributed by atoms with Gasteiger partial charge in [0.25, 0.3) is 0 Å². The standard InChI is InChI=1S/C12H26ClNO2/c1-3-4-7-14(8-6-13)9-12-16-11-5-10-15-2/h3-12H2,1-2H3. The molecule has 0 aromatic heterocycles. The molecule has 3 nitrogen and oxygen atoms in total. The molecular weight excluding hydrogens is 226 g/mol. The van der Waals surface area contributed by atoms with Gasteiger partial charge in [-0.15, -0.1) is 11.6 Å². The second-order valence-electron chi connectivity index (χ2n) is 3.84. The number of rotatable bonds is 12. The third-order valence-electron chi connectivity index (χ3n) is 2.42.